The number of phenols is 2. The van der Waals surface area contributed by atoms with Crippen molar-refractivity contribution in [1.29, 1.82) is 0 Å². The molecule has 2 atom stereocenters. The molecule has 0 unspecified atom stereocenters. The highest BCUT2D eigenvalue weighted by Crippen LogP contribution is 2.46. The number of nitrogens with one attached hydrogen (secondary N) is 1. The number of methoxy groups -OCH3 is 1. The molecule has 50 heavy (non-hydrogen) atoms. The minimum atomic E-state index is -1.39. The number of phenolic OH excluding ortho intramolecular Hbond substituents is 2. The topological polar surface area (TPSA) is 227 Å². The van der Waals surface area contributed by atoms with Gasteiger partial charge in [0.15, 0.2) is 16.3 Å². The first kappa shape index (κ1) is 31.9. The van der Waals surface area contributed by atoms with Gasteiger partial charge < -0.3 is 34.8 Å². The Labute approximate surface area is 277 Å². The molecule has 6 aromatic rings. The number of amides is 2. The molecule has 7 rings (SSSR count). The van der Waals surface area contributed by atoms with E-state index in [1.54, 1.807) is 0 Å². The van der Waals surface area contributed by atoms with Crippen molar-refractivity contribution in [1.82, 2.24) is 14.8 Å². The first-order chi connectivity index (χ1) is 23.7. The van der Waals surface area contributed by atoms with Gasteiger partial charge >= 0.3 is 5.97 Å². The van der Waals surface area contributed by atoms with Crippen molar-refractivity contribution in [3.63, 3.8) is 0 Å². The number of hydrogen-bond acceptors (Lipinski definition) is 11. The van der Waals surface area contributed by atoms with Gasteiger partial charge in [0.25, 0.3) is 5.56 Å². The lowest BCUT2D eigenvalue weighted by Gasteiger charge is -2.36. The summed E-state index contributed by atoms with van der Waals surface area (Å²) < 4.78 is 6.48. The van der Waals surface area contributed by atoms with Crippen LogP contribution in [-0.2, 0) is 20.9 Å². The van der Waals surface area contributed by atoms with Crippen molar-refractivity contribution in [2.45, 2.75) is 32.5 Å². The fraction of sp³-hybridized carbons (Fsp3) is 0.200. The molecule has 0 spiro atoms. The van der Waals surface area contributed by atoms with E-state index < -0.39 is 96.7 Å². The predicted octanol–water partition coefficient (Wildman–Crippen LogP) is 0.459. The third-order valence-electron chi connectivity index (χ3n) is 9.48. The number of carboxylic acids is 1. The highest BCUT2D eigenvalue weighted by molar-refractivity contribution is 6.22. The number of aliphatic carboxylic acids is 1. The van der Waals surface area contributed by atoms with Gasteiger partial charge in [0.05, 0.1) is 35.2 Å². The molecule has 5 aromatic carbocycles. The Morgan fingerprint density at radius 1 is 0.820 bits per heavy atom. The van der Waals surface area contributed by atoms with Gasteiger partial charge in [-0.1, -0.05) is 12.1 Å². The zero-order valence-electron chi connectivity index (χ0n) is 26.4. The third kappa shape index (κ3) is 4.22. The van der Waals surface area contributed by atoms with E-state index in [1.807, 2.05) is 0 Å². The lowest BCUT2D eigenvalue weighted by atomic mass is 9.92. The van der Waals surface area contributed by atoms with Crippen LogP contribution in [-0.4, -0.2) is 68.3 Å². The van der Waals surface area contributed by atoms with Crippen LogP contribution in [0.5, 0.6) is 17.2 Å². The van der Waals surface area contributed by atoms with Crippen LogP contribution in [0.25, 0.3) is 53.9 Å². The molecule has 0 radical (unpaired) electrons. The van der Waals surface area contributed by atoms with E-state index in [1.165, 1.54) is 51.3 Å². The zero-order valence-corrected chi connectivity index (χ0v) is 26.4. The van der Waals surface area contributed by atoms with Crippen LogP contribution in [0, 0.1) is 6.92 Å². The van der Waals surface area contributed by atoms with E-state index in [2.05, 4.69) is 5.32 Å². The third-order valence-corrected chi connectivity index (χ3v) is 9.48. The first-order valence-corrected chi connectivity index (χ1v) is 15.2. The van der Waals surface area contributed by atoms with Crippen molar-refractivity contribution in [3.05, 3.63) is 93.3 Å². The summed E-state index contributed by atoms with van der Waals surface area (Å²) in [5.74, 6) is -4.38. The number of ether oxygens (including phenoxy) is 1. The summed E-state index contributed by atoms with van der Waals surface area (Å²) >= 11 is 0. The van der Waals surface area contributed by atoms with E-state index in [0.29, 0.717) is 0 Å². The number of aromatic nitrogens is 1. The number of carbonyl (C=O) groups excluding carboxylic acids is 2. The molecule has 252 valence electrons. The number of carboxylic acid groups (broad SMARTS) is 1. The standard InChI is InChI=1S/C35H25N3O12/c1-12-9-17-24(34(47)37(12)11-20(40)38-10-18(35(48)49)36-33(46)13(38)2)30(44)22-15(27(17)41)7-8-16-23(22)31(45)25-26(32(16)50-3)29(43)21-14(28(25)42)5-4-6-19(21)39/h4-9,13,18,42-43H,10-11H2,1-3H3,(H,36,46)(H,48,49)/t13-,18-/m0/s1. The second-order valence-electron chi connectivity index (χ2n) is 12.1. The summed E-state index contributed by atoms with van der Waals surface area (Å²) in [6.07, 6.45) is 0. The molecule has 15 nitrogen and oxygen atoms in total. The number of hydrogen-bond donors (Lipinski definition) is 4. The molecular formula is C35H25N3O12. The lowest BCUT2D eigenvalue weighted by molar-refractivity contribution is -0.151. The molecule has 0 saturated carbocycles. The largest absolute Gasteiger partial charge is 0.506 e. The van der Waals surface area contributed by atoms with Crippen molar-refractivity contribution < 1.29 is 34.4 Å². The van der Waals surface area contributed by atoms with E-state index in [-0.39, 0.29) is 50.3 Å². The molecule has 2 amide bonds. The smallest absolute Gasteiger partial charge is 0.328 e. The number of pyridine rings is 1. The summed E-state index contributed by atoms with van der Waals surface area (Å²) in [5.41, 5.74) is -4.38. The van der Waals surface area contributed by atoms with E-state index in [9.17, 15) is 53.7 Å². The van der Waals surface area contributed by atoms with Crippen LogP contribution in [0.1, 0.15) is 12.6 Å². The summed E-state index contributed by atoms with van der Waals surface area (Å²) in [6, 6.07) is 5.18. The molecule has 1 aliphatic rings. The van der Waals surface area contributed by atoms with Crippen LogP contribution in [0.2, 0.25) is 0 Å². The SMILES string of the molecule is COc1c2ccc3c(=O)c4cc(C)n(CC(=O)N5C[C@@H](C(=O)O)NC(=O)[C@@H]5C)c(=O)c4c(=O)c3c2c(=O)c2c(O)c3cccc(=O)c3c(O)c12. The number of rotatable bonds is 4. The minimum Gasteiger partial charge on any atom is -0.506 e. The van der Waals surface area contributed by atoms with E-state index >= 15 is 0 Å². The van der Waals surface area contributed by atoms with E-state index in [4.69, 9.17) is 4.74 Å². The van der Waals surface area contributed by atoms with Crippen LogP contribution >= 0.6 is 0 Å². The first-order valence-electron chi connectivity index (χ1n) is 15.2. The van der Waals surface area contributed by atoms with Crippen molar-refractivity contribution in [3.8, 4) is 17.2 Å². The number of piperazine rings is 1. The quantitative estimate of drug-likeness (QED) is 0.113. The Kier molecular flexibility index (Phi) is 6.99. The van der Waals surface area contributed by atoms with Crippen LogP contribution in [0.15, 0.2) is 60.4 Å². The molecule has 1 aromatic heterocycles. The van der Waals surface area contributed by atoms with Crippen molar-refractivity contribution in [2.24, 2.45) is 0 Å². The summed E-state index contributed by atoms with van der Waals surface area (Å²) in [7, 11) is 1.20. The number of benzene rings is 5. The molecule has 4 N–H and O–H groups in total. The van der Waals surface area contributed by atoms with Crippen molar-refractivity contribution in [2.75, 3.05) is 13.7 Å². The monoisotopic (exact) mass is 679 g/mol. The Hall–Kier alpha value is -6.64. The van der Waals surface area contributed by atoms with Crippen LogP contribution < -0.4 is 37.3 Å². The van der Waals surface area contributed by atoms with Gasteiger partial charge in [-0.15, -0.1) is 0 Å². The fourth-order valence-electron chi connectivity index (χ4n) is 6.99. The molecular weight excluding hydrogens is 654 g/mol. The maximum absolute atomic E-state index is 14.3. The highest BCUT2D eigenvalue weighted by Gasteiger charge is 2.37. The molecule has 0 aliphatic carbocycles. The summed E-state index contributed by atoms with van der Waals surface area (Å²) in [6.45, 7) is 1.72. The lowest BCUT2D eigenvalue weighted by Crippen LogP contribution is -2.63. The minimum absolute atomic E-state index is 0.0567. The predicted molar refractivity (Wildman–Crippen MR) is 181 cm³/mol. The van der Waals surface area contributed by atoms with Gasteiger partial charge in [-0.25, -0.2) is 4.79 Å². The molecule has 1 fully saturated rings. The molecule has 1 aliphatic heterocycles. The number of carbonyl (C=O) groups is 3. The summed E-state index contributed by atoms with van der Waals surface area (Å²) in [5, 5.41) is 31.0. The number of aryl methyl sites for hydroxylation is 1. The number of fused-ring (bicyclic) bond motifs is 6. The van der Waals surface area contributed by atoms with Gasteiger partial charge in [0.1, 0.15) is 35.9 Å². The highest BCUT2D eigenvalue weighted by atomic mass is 16.5. The fourth-order valence-corrected chi connectivity index (χ4v) is 6.99. The Morgan fingerprint density at radius 2 is 1.48 bits per heavy atom. The second-order valence-corrected chi connectivity index (χ2v) is 12.1. The molecule has 1 saturated heterocycles. The maximum atomic E-state index is 14.3. The van der Waals surface area contributed by atoms with Gasteiger partial charge in [0, 0.05) is 38.0 Å². The maximum Gasteiger partial charge on any atom is 0.328 e. The normalized spacial score (nSPS) is 16.5. The molecule has 15 heteroatoms. The van der Waals surface area contributed by atoms with E-state index in [0.717, 1.165) is 15.5 Å². The number of nitrogens with zero attached hydrogens (tertiary/aromatic N) is 2. The van der Waals surface area contributed by atoms with Gasteiger partial charge in [-0.2, -0.15) is 0 Å². The molecule has 0 bridgehead atoms. The Balaban J connectivity index is 1.54. The van der Waals surface area contributed by atoms with Crippen LogP contribution in [0.4, 0.5) is 0 Å². The summed E-state index contributed by atoms with van der Waals surface area (Å²) in [4.78, 5) is 108. The Morgan fingerprint density at radius 3 is 2.16 bits per heavy atom. The number of aromatic hydroxyl groups is 2. The Bertz CT molecular complexity index is 2870. The van der Waals surface area contributed by atoms with Crippen molar-refractivity contribution >= 4 is 71.6 Å². The van der Waals surface area contributed by atoms with Crippen LogP contribution in [0.3, 0.4) is 0 Å². The average molecular weight is 680 g/mol. The second kappa shape index (κ2) is 10.9. The molecule has 2 heterocycles. The van der Waals surface area contributed by atoms with Gasteiger partial charge in [-0.05, 0) is 38.1 Å². The zero-order chi connectivity index (χ0) is 36.1. The van der Waals surface area contributed by atoms with Gasteiger partial charge in [0.2, 0.25) is 17.2 Å². The average Bonchev–Trinajstić information content (AvgIpc) is 3.07. The van der Waals surface area contributed by atoms with Gasteiger partial charge in [-0.3, -0.25) is 33.6 Å².